The summed E-state index contributed by atoms with van der Waals surface area (Å²) >= 11 is 0. The van der Waals surface area contributed by atoms with Crippen LogP contribution in [0.2, 0.25) is 0 Å². The molecular formula is C70H49N5OPt-2. The van der Waals surface area contributed by atoms with E-state index < -0.39 is 0 Å². The molecule has 0 aliphatic carbocycles. The summed E-state index contributed by atoms with van der Waals surface area (Å²) in [5.41, 5.74) is 17.1. The van der Waals surface area contributed by atoms with Crippen molar-refractivity contribution in [2.24, 2.45) is 0 Å². The van der Waals surface area contributed by atoms with Crippen LogP contribution in [0.4, 0.5) is 0 Å². The summed E-state index contributed by atoms with van der Waals surface area (Å²) in [6, 6.07) is 90.8. The molecule has 0 atom stereocenters. The van der Waals surface area contributed by atoms with Crippen LogP contribution in [0.15, 0.2) is 243 Å². The van der Waals surface area contributed by atoms with Crippen molar-refractivity contribution >= 4 is 54.6 Å². The first-order valence-corrected chi connectivity index (χ1v) is 25.8. The van der Waals surface area contributed by atoms with Gasteiger partial charge in [-0.2, -0.15) is 18.2 Å². The van der Waals surface area contributed by atoms with Crippen molar-refractivity contribution < 1.29 is 30.4 Å². The normalized spacial score (nSPS) is 11.7. The minimum atomic E-state index is -0.0860. The Hall–Kier alpha value is -9.09. The van der Waals surface area contributed by atoms with Gasteiger partial charge in [0.25, 0.3) is 6.33 Å². The second-order valence-corrected chi connectivity index (χ2v) is 20.4. The Morgan fingerprint density at radius 3 is 1.84 bits per heavy atom. The van der Waals surface area contributed by atoms with Crippen LogP contribution in [0, 0.1) is 18.5 Å². The largest absolute Gasteiger partial charge is 0.510 e. The third-order valence-corrected chi connectivity index (χ3v) is 14.7. The summed E-state index contributed by atoms with van der Waals surface area (Å²) in [5, 5.41) is 4.58. The monoisotopic (exact) mass is 1170 g/mol. The fourth-order valence-corrected chi connectivity index (χ4v) is 11.1. The quantitative estimate of drug-likeness (QED) is 0.107. The van der Waals surface area contributed by atoms with E-state index in [4.69, 9.17) is 9.72 Å². The number of hydrogen-bond acceptors (Lipinski definition) is 2. The Bertz CT molecular complexity index is 4470. The number of nitrogens with zero attached hydrogens (tertiary/aromatic N) is 5. The molecule has 10 aromatic carbocycles. The molecule has 7 heteroatoms. The molecule has 0 fully saturated rings. The van der Waals surface area contributed by atoms with Gasteiger partial charge in [-0.05, 0) is 97.9 Å². The third-order valence-electron chi connectivity index (χ3n) is 14.7. The first-order valence-electron chi connectivity index (χ1n) is 25.8. The maximum atomic E-state index is 6.81. The third kappa shape index (κ3) is 8.24. The van der Waals surface area contributed by atoms with Crippen molar-refractivity contribution in [3.05, 3.63) is 267 Å². The molecule has 77 heavy (non-hydrogen) atoms. The van der Waals surface area contributed by atoms with E-state index in [1.54, 1.807) is 0 Å². The summed E-state index contributed by atoms with van der Waals surface area (Å²) in [6.45, 7) is 6.71. The number of benzene rings is 10. The number of pyridine rings is 1. The number of fused-ring (bicyclic) bond motifs is 7. The Kier molecular flexibility index (Phi) is 11.9. The Balaban J connectivity index is 0.00000566. The molecule has 0 N–H and O–H groups in total. The SMILES string of the molecule is CC(C)(C)c1ccnc(-n2c3[c-]c(Oc4[c-]c(-n5[c-][n+](-c6c(-c7ccccc7)cccc6-c6ccccc6)c6ccccc65)ccc4)ccc3c3cc(-c4cccc5c4c4ccccc4n5-c4ccccc4)ccc32)c1.[Pt]. The van der Waals surface area contributed by atoms with Gasteiger partial charge in [-0.15, -0.1) is 29.7 Å². The number of hydrogen-bond donors (Lipinski definition) is 0. The van der Waals surface area contributed by atoms with Crippen molar-refractivity contribution in [2.45, 2.75) is 26.2 Å². The molecule has 0 unspecified atom stereocenters. The fourth-order valence-electron chi connectivity index (χ4n) is 11.1. The number of imidazole rings is 1. The van der Waals surface area contributed by atoms with Gasteiger partial charge in [-0.3, -0.25) is 4.57 Å². The standard InChI is InChI=1S/C70H49N5O.Pt/c1-70(2,3)50-40-41-71-67(43-50)75-62-39-36-49(55-29-19-35-65-68(55)59-28-13-14-32-61(59)74(65)51-24-11-6-12-25-51)42-60(62)58-38-37-54(45-66(58)75)76-53-27-17-26-52(44-53)72-46-73(64-34-16-15-33-63(64)72)69-56(47-20-7-4-8-21-47)30-18-31-57(69)48-22-9-5-10-23-48;/h4-43H,1-3H3;/q-2;. The van der Waals surface area contributed by atoms with E-state index in [0.29, 0.717) is 11.5 Å². The number of rotatable bonds is 9. The zero-order valence-corrected chi connectivity index (χ0v) is 44.8. The maximum absolute atomic E-state index is 6.81. The van der Waals surface area contributed by atoms with E-state index >= 15 is 0 Å². The first kappa shape index (κ1) is 47.6. The van der Waals surface area contributed by atoms with Crippen molar-refractivity contribution in [1.29, 1.82) is 0 Å². The van der Waals surface area contributed by atoms with Gasteiger partial charge >= 0.3 is 0 Å². The van der Waals surface area contributed by atoms with Gasteiger partial charge in [0.2, 0.25) is 0 Å². The van der Waals surface area contributed by atoms with Crippen LogP contribution in [-0.4, -0.2) is 18.7 Å². The number of ether oxygens (including phenoxy) is 1. The van der Waals surface area contributed by atoms with Crippen LogP contribution in [-0.2, 0) is 26.5 Å². The van der Waals surface area contributed by atoms with Crippen LogP contribution in [0.5, 0.6) is 11.5 Å². The van der Waals surface area contributed by atoms with Crippen molar-refractivity contribution in [3.63, 3.8) is 0 Å². The molecule has 372 valence electrons. The molecule has 0 saturated heterocycles. The van der Waals surface area contributed by atoms with Gasteiger partial charge in [-0.25, -0.2) is 4.98 Å². The van der Waals surface area contributed by atoms with Gasteiger partial charge in [0.1, 0.15) is 5.82 Å². The Morgan fingerprint density at radius 1 is 0.468 bits per heavy atom. The molecule has 0 spiro atoms. The van der Waals surface area contributed by atoms with Crippen LogP contribution >= 0.6 is 0 Å². The van der Waals surface area contributed by atoms with E-state index in [2.05, 4.69) is 276 Å². The van der Waals surface area contributed by atoms with E-state index in [1.807, 2.05) is 24.4 Å². The minimum Gasteiger partial charge on any atom is -0.510 e. The van der Waals surface area contributed by atoms with E-state index in [0.717, 1.165) is 83.5 Å². The van der Waals surface area contributed by atoms with Gasteiger partial charge in [0.05, 0.1) is 27.8 Å². The molecule has 0 radical (unpaired) electrons. The van der Waals surface area contributed by atoms with E-state index in [1.165, 1.54) is 32.9 Å². The number of para-hydroxylation sites is 5. The van der Waals surface area contributed by atoms with E-state index in [-0.39, 0.29) is 26.5 Å². The van der Waals surface area contributed by atoms with Gasteiger partial charge in [0.15, 0.2) is 0 Å². The summed E-state index contributed by atoms with van der Waals surface area (Å²) in [6.07, 6.45) is 5.70. The molecule has 14 rings (SSSR count). The van der Waals surface area contributed by atoms with Crippen molar-refractivity contribution in [2.75, 3.05) is 0 Å². The van der Waals surface area contributed by atoms with Gasteiger partial charge in [0, 0.05) is 60.7 Å². The topological polar surface area (TPSA) is 40.8 Å². The van der Waals surface area contributed by atoms with Gasteiger partial charge < -0.3 is 18.4 Å². The van der Waals surface area contributed by atoms with Crippen LogP contribution in [0.3, 0.4) is 0 Å². The second kappa shape index (κ2) is 19.2. The van der Waals surface area contributed by atoms with Crippen LogP contribution in [0.25, 0.3) is 111 Å². The molecule has 0 aliphatic rings. The van der Waals surface area contributed by atoms with Gasteiger partial charge in [-0.1, -0.05) is 190 Å². The molecule has 0 amide bonds. The summed E-state index contributed by atoms with van der Waals surface area (Å²) in [7, 11) is 0. The number of aromatic nitrogens is 5. The molecule has 0 saturated carbocycles. The molecule has 0 bridgehead atoms. The molecular weight excluding hydrogens is 1120 g/mol. The minimum absolute atomic E-state index is 0. The summed E-state index contributed by atoms with van der Waals surface area (Å²) < 4.78 is 15.7. The fraction of sp³-hybridized carbons (Fsp3) is 0.0571. The maximum Gasteiger partial charge on any atom is 0.268 e. The molecule has 4 aromatic heterocycles. The average molecular weight is 1170 g/mol. The summed E-state index contributed by atoms with van der Waals surface area (Å²) in [4.78, 5) is 5.02. The zero-order chi connectivity index (χ0) is 50.9. The van der Waals surface area contributed by atoms with E-state index in [9.17, 15) is 0 Å². The van der Waals surface area contributed by atoms with Crippen molar-refractivity contribution in [1.82, 2.24) is 18.7 Å². The van der Waals surface area contributed by atoms with Crippen LogP contribution in [0.1, 0.15) is 26.3 Å². The Morgan fingerprint density at radius 2 is 1.09 bits per heavy atom. The van der Waals surface area contributed by atoms with Crippen LogP contribution < -0.4 is 9.30 Å². The molecule has 4 heterocycles. The predicted octanol–water partition coefficient (Wildman–Crippen LogP) is 17.0. The molecule has 14 aromatic rings. The van der Waals surface area contributed by atoms with Crippen molar-refractivity contribution in [3.8, 4) is 67.8 Å². The average Bonchev–Trinajstić information content (AvgIpc) is 4.23. The molecule has 0 aliphatic heterocycles. The zero-order valence-electron chi connectivity index (χ0n) is 42.6. The predicted molar refractivity (Wildman–Crippen MR) is 309 cm³/mol. The summed E-state index contributed by atoms with van der Waals surface area (Å²) in [5.74, 6) is 1.94. The smallest absolute Gasteiger partial charge is 0.268 e. The molecule has 6 nitrogen and oxygen atoms in total. The Labute approximate surface area is 461 Å². The first-order chi connectivity index (χ1) is 37.3. The second-order valence-electron chi connectivity index (χ2n) is 20.4.